The zero-order chi connectivity index (χ0) is 14.1. The van der Waals surface area contributed by atoms with Crippen LogP contribution in [0.3, 0.4) is 0 Å². The largest absolute Gasteiger partial charge is 0.497 e. The minimum Gasteiger partial charge on any atom is -0.497 e. The van der Waals surface area contributed by atoms with Gasteiger partial charge in [0.25, 0.3) is 0 Å². The molecule has 0 aromatic heterocycles. The first kappa shape index (κ1) is 13.4. The Morgan fingerprint density at radius 3 is 2.85 bits per heavy atom. The number of aliphatic carboxylic acids is 1. The highest BCUT2D eigenvalue weighted by Crippen LogP contribution is 2.37. The van der Waals surface area contributed by atoms with Crippen LogP contribution in [0, 0.1) is 5.92 Å². The summed E-state index contributed by atoms with van der Waals surface area (Å²) in [5.41, 5.74) is 2.52. The Labute approximate surface area is 119 Å². The molecule has 0 radical (unpaired) electrons. The maximum absolute atomic E-state index is 11.4. The molecule has 2 aliphatic carbocycles. The number of carbonyl (C=O) groups is 1. The van der Waals surface area contributed by atoms with Crippen molar-refractivity contribution in [2.24, 2.45) is 5.92 Å². The average molecular weight is 275 g/mol. The van der Waals surface area contributed by atoms with Gasteiger partial charge in [-0.3, -0.25) is 10.1 Å². The first-order valence-corrected chi connectivity index (χ1v) is 7.34. The summed E-state index contributed by atoms with van der Waals surface area (Å²) in [6, 6.07) is 5.89. The van der Waals surface area contributed by atoms with Crippen molar-refractivity contribution in [3.05, 3.63) is 29.3 Å². The summed E-state index contributed by atoms with van der Waals surface area (Å²) in [7, 11) is 1.67. The van der Waals surface area contributed by atoms with E-state index in [9.17, 15) is 9.90 Å². The summed E-state index contributed by atoms with van der Waals surface area (Å²) in [5, 5.41) is 12.7. The molecule has 4 heteroatoms. The molecule has 0 bridgehead atoms. The third kappa shape index (κ3) is 2.66. The van der Waals surface area contributed by atoms with Crippen molar-refractivity contribution in [1.29, 1.82) is 0 Å². The van der Waals surface area contributed by atoms with Crippen LogP contribution in [0.4, 0.5) is 0 Å². The number of fused-ring (bicyclic) bond motifs is 1. The van der Waals surface area contributed by atoms with Gasteiger partial charge >= 0.3 is 5.97 Å². The lowest BCUT2D eigenvalue weighted by molar-refractivity contribution is -0.140. The van der Waals surface area contributed by atoms with E-state index in [1.165, 1.54) is 11.1 Å². The Balaban J connectivity index is 1.80. The first-order chi connectivity index (χ1) is 9.69. The molecule has 20 heavy (non-hydrogen) atoms. The van der Waals surface area contributed by atoms with Crippen molar-refractivity contribution < 1.29 is 14.6 Å². The minimum atomic E-state index is -0.715. The second-order valence-electron chi connectivity index (χ2n) is 5.83. The van der Waals surface area contributed by atoms with Crippen LogP contribution in [0.2, 0.25) is 0 Å². The number of carboxylic acids is 1. The Morgan fingerprint density at radius 2 is 2.20 bits per heavy atom. The van der Waals surface area contributed by atoms with Crippen molar-refractivity contribution in [3.63, 3.8) is 0 Å². The SMILES string of the molecule is COc1ccc2c(c1)CCCC2NC(C(=O)O)C1CC1. The van der Waals surface area contributed by atoms with Crippen molar-refractivity contribution in [2.75, 3.05) is 7.11 Å². The van der Waals surface area contributed by atoms with Gasteiger partial charge in [0.1, 0.15) is 11.8 Å². The van der Waals surface area contributed by atoms with Crippen LogP contribution in [0.25, 0.3) is 0 Å². The van der Waals surface area contributed by atoms with E-state index in [-0.39, 0.29) is 6.04 Å². The molecule has 0 amide bonds. The van der Waals surface area contributed by atoms with Crippen LogP contribution < -0.4 is 10.1 Å². The highest BCUT2D eigenvalue weighted by molar-refractivity contribution is 5.74. The molecule has 1 aromatic rings. The highest BCUT2D eigenvalue weighted by atomic mass is 16.5. The van der Waals surface area contributed by atoms with Gasteiger partial charge in [-0.2, -0.15) is 0 Å². The van der Waals surface area contributed by atoms with E-state index < -0.39 is 12.0 Å². The van der Waals surface area contributed by atoms with Crippen molar-refractivity contribution >= 4 is 5.97 Å². The summed E-state index contributed by atoms with van der Waals surface area (Å²) in [6.45, 7) is 0. The third-order valence-electron chi connectivity index (χ3n) is 4.40. The van der Waals surface area contributed by atoms with Gasteiger partial charge in [-0.1, -0.05) is 6.07 Å². The molecular weight excluding hydrogens is 254 g/mol. The lowest BCUT2D eigenvalue weighted by atomic mass is 9.87. The molecular formula is C16H21NO3. The van der Waals surface area contributed by atoms with Gasteiger partial charge in [0, 0.05) is 6.04 Å². The smallest absolute Gasteiger partial charge is 0.320 e. The fourth-order valence-electron chi connectivity index (χ4n) is 3.15. The molecule has 1 aromatic carbocycles. The van der Waals surface area contributed by atoms with Crippen LogP contribution in [0.5, 0.6) is 5.75 Å². The summed E-state index contributed by atoms with van der Waals surface area (Å²) < 4.78 is 5.27. The molecule has 3 rings (SSSR count). The number of carboxylic acid groups (broad SMARTS) is 1. The van der Waals surface area contributed by atoms with Gasteiger partial charge in [0.2, 0.25) is 0 Å². The number of hydrogen-bond donors (Lipinski definition) is 2. The normalized spacial score (nSPS) is 22.9. The molecule has 2 aliphatic rings. The fourth-order valence-corrected chi connectivity index (χ4v) is 3.15. The van der Waals surface area contributed by atoms with Gasteiger partial charge in [0.15, 0.2) is 0 Å². The Kier molecular flexibility index (Phi) is 3.66. The van der Waals surface area contributed by atoms with E-state index in [0.717, 1.165) is 37.9 Å². The highest BCUT2D eigenvalue weighted by Gasteiger charge is 2.38. The summed E-state index contributed by atoms with van der Waals surface area (Å²) >= 11 is 0. The fraction of sp³-hybridized carbons (Fsp3) is 0.562. The van der Waals surface area contributed by atoms with Crippen molar-refractivity contribution in [3.8, 4) is 5.75 Å². The molecule has 0 spiro atoms. The van der Waals surface area contributed by atoms with E-state index >= 15 is 0 Å². The van der Waals surface area contributed by atoms with Crippen LogP contribution in [-0.4, -0.2) is 24.2 Å². The molecule has 2 N–H and O–H groups in total. The number of hydrogen-bond acceptors (Lipinski definition) is 3. The lowest BCUT2D eigenvalue weighted by Crippen LogP contribution is -2.41. The van der Waals surface area contributed by atoms with Crippen LogP contribution in [0.15, 0.2) is 18.2 Å². The molecule has 2 atom stereocenters. The standard InChI is InChI=1S/C16H21NO3/c1-20-12-7-8-13-11(9-12)3-2-4-14(13)17-15(16(18)19)10-5-6-10/h7-10,14-15,17H,2-6H2,1H3,(H,18,19). The average Bonchev–Trinajstić information content (AvgIpc) is 3.28. The number of methoxy groups -OCH3 is 1. The van der Waals surface area contributed by atoms with E-state index in [0.29, 0.717) is 5.92 Å². The van der Waals surface area contributed by atoms with Gasteiger partial charge in [-0.15, -0.1) is 0 Å². The Hall–Kier alpha value is -1.55. The predicted molar refractivity (Wildman–Crippen MR) is 76.0 cm³/mol. The van der Waals surface area contributed by atoms with Crippen LogP contribution in [0.1, 0.15) is 42.9 Å². The van der Waals surface area contributed by atoms with Gasteiger partial charge in [0.05, 0.1) is 7.11 Å². The molecule has 1 fully saturated rings. The van der Waals surface area contributed by atoms with E-state index in [1.54, 1.807) is 7.11 Å². The van der Waals surface area contributed by atoms with Gasteiger partial charge in [-0.05, 0) is 61.3 Å². The molecule has 2 unspecified atom stereocenters. The quantitative estimate of drug-likeness (QED) is 0.867. The maximum Gasteiger partial charge on any atom is 0.320 e. The first-order valence-electron chi connectivity index (χ1n) is 7.34. The topological polar surface area (TPSA) is 58.6 Å². The second-order valence-corrected chi connectivity index (χ2v) is 5.83. The maximum atomic E-state index is 11.4. The molecule has 4 nitrogen and oxygen atoms in total. The summed E-state index contributed by atoms with van der Waals surface area (Å²) in [6.07, 6.45) is 5.22. The summed E-state index contributed by atoms with van der Waals surface area (Å²) in [5.74, 6) is 0.477. The number of nitrogens with one attached hydrogen (secondary N) is 1. The number of aryl methyl sites for hydroxylation is 1. The van der Waals surface area contributed by atoms with Crippen molar-refractivity contribution in [2.45, 2.75) is 44.2 Å². The second kappa shape index (κ2) is 5.44. The van der Waals surface area contributed by atoms with E-state index in [4.69, 9.17) is 4.74 Å². The van der Waals surface area contributed by atoms with Crippen LogP contribution in [-0.2, 0) is 11.2 Å². The zero-order valence-electron chi connectivity index (χ0n) is 11.8. The molecule has 0 aliphatic heterocycles. The van der Waals surface area contributed by atoms with E-state index in [1.807, 2.05) is 6.07 Å². The lowest BCUT2D eigenvalue weighted by Gasteiger charge is -2.29. The Morgan fingerprint density at radius 1 is 1.40 bits per heavy atom. The molecule has 108 valence electrons. The minimum absolute atomic E-state index is 0.159. The summed E-state index contributed by atoms with van der Waals surface area (Å²) in [4.78, 5) is 11.4. The number of benzene rings is 1. The van der Waals surface area contributed by atoms with Gasteiger partial charge in [-0.25, -0.2) is 0 Å². The van der Waals surface area contributed by atoms with E-state index in [2.05, 4.69) is 17.4 Å². The van der Waals surface area contributed by atoms with Crippen molar-refractivity contribution in [1.82, 2.24) is 5.32 Å². The zero-order valence-corrected chi connectivity index (χ0v) is 11.8. The molecule has 0 saturated heterocycles. The number of ether oxygens (including phenoxy) is 1. The number of rotatable bonds is 5. The molecule has 0 heterocycles. The van der Waals surface area contributed by atoms with Crippen LogP contribution >= 0.6 is 0 Å². The Bertz CT molecular complexity index is 510. The molecule has 1 saturated carbocycles. The third-order valence-corrected chi connectivity index (χ3v) is 4.40. The monoisotopic (exact) mass is 275 g/mol. The predicted octanol–water partition coefficient (Wildman–Crippen LogP) is 2.53. The van der Waals surface area contributed by atoms with Gasteiger partial charge < -0.3 is 9.84 Å².